The SMILES string of the molecule is Cc1ccc(CC(=O)c2ccccc2C(=O)O)cc1C. The molecule has 3 nitrogen and oxygen atoms in total. The Hall–Kier alpha value is -2.42. The topological polar surface area (TPSA) is 54.4 Å². The van der Waals surface area contributed by atoms with Crippen molar-refractivity contribution in [2.24, 2.45) is 0 Å². The van der Waals surface area contributed by atoms with Crippen molar-refractivity contribution in [3.05, 3.63) is 70.3 Å². The largest absolute Gasteiger partial charge is 0.478 e. The molecule has 0 saturated heterocycles. The maximum absolute atomic E-state index is 12.3. The van der Waals surface area contributed by atoms with Crippen LogP contribution >= 0.6 is 0 Å². The smallest absolute Gasteiger partial charge is 0.336 e. The van der Waals surface area contributed by atoms with Crippen molar-refractivity contribution < 1.29 is 14.7 Å². The van der Waals surface area contributed by atoms with Crippen LogP contribution in [0, 0.1) is 13.8 Å². The van der Waals surface area contributed by atoms with Gasteiger partial charge in [-0.2, -0.15) is 0 Å². The van der Waals surface area contributed by atoms with Gasteiger partial charge in [-0.15, -0.1) is 0 Å². The molecule has 2 aromatic rings. The molecule has 102 valence electrons. The highest BCUT2D eigenvalue weighted by Crippen LogP contribution is 2.15. The van der Waals surface area contributed by atoms with Crippen LogP contribution in [0.2, 0.25) is 0 Å². The van der Waals surface area contributed by atoms with Crippen molar-refractivity contribution in [3.63, 3.8) is 0 Å². The molecule has 0 aliphatic rings. The van der Waals surface area contributed by atoms with Gasteiger partial charge < -0.3 is 5.11 Å². The van der Waals surface area contributed by atoms with Crippen molar-refractivity contribution in [2.45, 2.75) is 20.3 Å². The van der Waals surface area contributed by atoms with Crippen LogP contribution in [0.3, 0.4) is 0 Å². The molecule has 0 amide bonds. The first-order chi connectivity index (χ1) is 9.49. The predicted molar refractivity (Wildman–Crippen MR) is 77.4 cm³/mol. The Morgan fingerprint density at radius 2 is 1.60 bits per heavy atom. The van der Waals surface area contributed by atoms with E-state index in [2.05, 4.69) is 0 Å². The molecule has 0 bridgehead atoms. The summed E-state index contributed by atoms with van der Waals surface area (Å²) in [6.07, 6.45) is 0.214. The third-order valence-corrected chi connectivity index (χ3v) is 3.39. The van der Waals surface area contributed by atoms with E-state index in [1.807, 2.05) is 32.0 Å². The number of Topliss-reactive ketones (excluding diaryl/α,β-unsaturated/α-hetero) is 1. The van der Waals surface area contributed by atoms with E-state index in [1.165, 1.54) is 11.6 Å². The molecule has 0 spiro atoms. The second-order valence-corrected chi connectivity index (χ2v) is 4.87. The van der Waals surface area contributed by atoms with E-state index in [-0.39, 0.29) is 23.3 Å². The van der Waals surface area contributed by atoms with Crippen LogP contribution in [0.1, 0.15) is 37.4 Å². The van der Waals surface area contributed by atoms with Crippen LogP contribution in [0.25, 0.3) is 0 Å². The van der Waals surface area contributed by atoms with Crippen LogP contribution in [0.4, 0.5) is 0 Å². The summed E-state index contributed by atoms with van der Waals surface area (Å²) in [5.74, 6) is -1.25. The summed E-state index contributed by atoms with van der Waals surface area (Å²) >= 11 is 0. The third-order valence-electron chi connectivity index (χ3n) is 3.39. The maximum atomic E-state index is 12.3. The van der Waals surface area contributed by atoms with Gasteiger partial charge in [-0.3, -0.25) is 4.79 Å². The van der Waals surface area contributed by atoms with Gasteiger partial charge in [0.05, 0.1) is 5.56 Å². The minimum absolute atomic E-state index is 0.0568. The normalized spacial score (nSPS) is 10.3. The van der Waals surface area contributed by atoms with E-state index in [1.54, 1.807) is 18.2 Å². The first kappa shape index (κ1) is 14.0. The number of benzene rings is 2. The quantitative estimate of drug-likeness (QED) is 0.864. The number of carboxylic acids is 1. The molecule has 2 aromatic carbocycles. The van der Waals surface area contributed by atoms with Crippen molar-refractivity contribution >= 4 is 11.8 Å². The monoisotopic (exact) mass is 268 g/mol. The molecular formula is C17H16O3. The lowest BCUT2D eigenvalue weighted by molar-refractivity contribution is 0.0692. The highest BCUT2D eigenvalue weighted by Gasteiger charge is 2.16. The number of aromatic carboxylic acids is 1. The molecular weight excluding hydrogens is 252 g/mol. The van der Waals surface area contributed by atoms with Crippen LogP contribution in [-0.4, -0.2) is 16.9 Å². The lowest BCUT2D eigenvalue weighted by atomic mass is 9.97. The van der Waals surface area contributed by atoms with Gasteiger partial charge in [-0.05, 0) is 36.6 Å². The molecule has 0 radical (unpaired) electrons. The van der Waals surface area contributed by atoms with Gasteiger partial charge in [-0.1, -0.05) is 36.4 Å². The summed E-state index contributed by atoms with van der Waals surface area (Å²) in [7, 11) is 0. The van der Waals surface area contributed by atoms with Crippen LogP contribution in [0.15, 0.2) is 42.5 Å². The number of hydrogen-bond donors (Lipinski definition) is 1. The number of rotatable bonds is 4. The van der Waals surface area contributed by atoms with Gasteiger partial charge in [0.15, 0.2) is 5.78 Å². The number of ketones is 1. The third kappa shape index (κ3) is 2.94. The molecule has 0 saturated carbocycles. The van der Waals surface area contributed by atoms with Gasteiger partial charge in [0.25, 0.3) is 0 Å². The molecule has 0 aliphatic heterocycles. The Balaban J connectivity index is 2.28. The van der Waals surface area contributed by atoms with Crippen LogP contribution in [-0.2, 0) is 6.42 Å². The first-order valence-corrected chi connectivity index (χ1v) is 6.40. The summed E-state index contributed by atoms with van der Waals surface area (Å²) in [6, 6.07) is 12.2. The maximum Gasteiger partial charge on any atom is 0.336 e. The fraction of sp³-hybridized carbons (Fsp3) is 0.176. The van der Waals surface area contributed by atoms with Crippen LogP contribution < -0.4 is 0 Å². The fourth-order valence-electron chi connectivity index (χ4n) is 2.11. The zero-order chi connectivity index (χ0) is 14.7. The average molecular weight is 268 g/mol. The lowest BCUT2D eigenvalue weighted by Crippen LogP contribution is -2.10. The first-order valence-electron chi connectivity index (χ1n) is 6.40. The van der Waals surface area contributed by atoms with Crippen molar-refractivity contribution in [2.75, 3.05) is 0 Å². The van der Waals surface area contributed by atoms with Gasteiger partial charge in [0.1, 0.15) is 0 Å². The minimum Gasteiger partial charge on any atom is -0.478 e. The Kier molecular flexibility index (Phi) is 3.99. The van der Waals surface area contributed by atoms with E-state index >= 15 is 0 Å². The van der Waals surface area contributed by atoms with E-state index in [9.17, 15) is 9.59 Å². The summed E-state index contributed by atoms with van der Waals surface area (Å²) < 4.78 is 0. The van der Waals surface area contributed by atoms with E-state index in [4.69, 9.17) is 5.11 Å². The van der Waals surface area contributed by atoms with E-state index < -0.39 is 5.97 Å². The summed E-state index contributed by atoms with van der Waals surface area (Å²) in [4.78, 5) is 23.4. The second kappa shape index (κ2) is 5.70. The predicted octanol–water partition coefficient (Wildman–Crippen LogP) is 3.43. The molecule has 0 heterocycles. The number of aryl methyl sites for hydroxylation is 2. The highest BCUT2D eigenvalue weighted by atomic mass is 16.4. The molecule has 0 aromatic heterocycles. The minimum atomic E-state index is -1.07. The molecule has 0 atom stereocenters. The summed E-state index contributed by atoms with van der Waals surface area (Å²) in [5.41, 5.74) is 3.52. The number of hydrogen-bond acceptors (Lipinski definition) is 2. The van der Waals surface area contributed by atoms with Crippen molar-refractivity contribution in [1.82, 2.24) is 0 Å². The molecule has 2 rings (SSSR count). The average Bonchev–Trinajstić information content (AvgIpc) is 2.43. The molecule has 0 fully saturated rings. The number of carboxylic acid groups (broad SMARTS) is 1. The number of carbonyl (C=O) groups excluding carboxylic acids is 1. The van der Waals surface area contributed by atoms with Gasteiger partial charge in [0, 0.05) is 12.0 Å². The van der Waals surface area contributed by atoms with Crippen molar-refractivity contribution in [3.8, 4) is 0 Å². The molecule has 0 unspecified atom stereocenters. The van der Waals surface area contributed by atoms with Gasteiger partial charge >= 0.3 is 5.97 Å². The van der Waals surface area contributed by atoms with Crippen molar-refractivity contribution in [1.29, 1.82) is 0 Å². The van der Waals surface area contributed by atoms with Gasteiger partial charge in [0.2, 0.25) is 0 Å². The zero-order valence-electron chi connectivity index (χ0n) is 11.5. The summed E-state index contributed by atoms with van der Waals surface area (Å²) in [6.45, 7) is 4.01. The number of carbonyl (C=O) groups is 2. The Bertz CT molecular complexity index is 672. The Morgan fingerprint density at radius 1 is 0.950 bits per heavy atom. The Morgan fingerprint density at radius 3 is 2.20 bits per heavy atom. The molecule has 1 N–H and O–H groups in total. The molecule has 20 heavy (non-hydrogen) atoms. The zero-order valence-corrected chi connectivity index (χ0v) is 11.5. The van der Waals surface area contributed by atoms with Gasteiger partial charge in [-0.25, -0.2) is 4.79 Å². The fourth-order valence-corrected chi connectivity index (χ4v) is 2.11. The molecule has 0 aliphatic carbocycles. The molecule has 3 heteroatoms. The van der Waals surface area contributed by atoms with E-state index in [0.29, 0.717) is 0 Å². The standard InChI is InChI=1S/C17H16O3/c1-11-7-8-13(9-12(11)2)10-16(18)14-5-3-4-6-15(14)17(19)20/h3-9H,10H2,1-2H3,(H,19,20). The Labute approximate surface area is 117 Å². The van der Waals surface area contributed by atoms with E-state index in [0.717, 1.165) is 11.1 Å². The summed E-state index contributed by atoms with van der Waals surface area (Å²) in [5, 5.41) is 9.11. The van der Waals surface area contributed by atoms with Crippen LogP contribution in [0.5, 0.6) is 0 Å². The lowest BCUT2D eigenvalue weighted by Gasteiger charge is -2.07. The second-order valence-electron chi connectivity index (χ2n) is 4.87. The highest BCUT2D eigenvalue weighted by molar-refractivity contribution is 6.06.